The second-order valence-corrected chi connectivity index (χ2v) is 6.92. The molecule has 24 heavy (non-hydrogen) atoms. The Labute approximate surface area is 145 Å². The monoisotopic (exact) mass is 321 g/mol. The van der Waals surface area contributed by atoms with Gasteiger partial charge in [-0.1, -0.05) is 30.7 Å². The SMILES string of the molecule is c1ccc2c(c1)Nc1ccccc1N2CCCCCN1CCCC1. The Morgan fingerprint density at radius 3 is 1.96 bits per heavy atom. The molecule has 2 aromatic rings. The number of unbranched alkanes of at least 4 members (excludes halogenated alkanes) is 2. The molecule has 0 spiro atoms. The number of nitrogens with zero attached hydrogens (tertiary/aromatic N) is 2. The van der Waals surface area contributed by atoms with Gasteiger partial charge in [0.1, 0.15) is 0 Å². The van der Waals surface area contributed by atoms with Crippen molar-refractivity contribution in [1.29, 1.82) is 0 Å². The van der Waals surface area contributed by atoms with E-state index >= 15 is 0 Å². The summed E-state index contributed by atoms with van der Waals surface area (Å²) in [5.74, 6) is 0. The molecule has 2 heterocycles. The van der Waals surface area contributed by atoms with Crippen molar-refractivity contribution < 1.29 is 0 Å². The van der Waals surface area contributed by atoms with E-state index in [1.165, 1.54) is 74.5 Å². The summed E-state index contributed by atoms with van der Waals surface area (Å²) < 4.78 is 0. The molecule has 2 aliphatic rings. The molecule has 0 aliphatic carbocycles. The molecule has 3 heteroatoms. The highest BCUT2D eigenvalue weighted by atomic mass is 15.2. The van der Waals surface area contributed by atoms with Crippen LogP contribution in [0.4, 0.5) is 22.7 Å². The van der Waals surface area contributed by atoms with Crippen LogP contribution in [0.15, 0.2) is 48.5 Å². The lowest BCUT2D eigenvalue weighted by molar-refractivity contribution is 0.329. The van der Waals surface area contributed by atoms with Crippen molar-refractivity contribution in [2.24, 2.45) is 0 Å². The molecule has 0 bridgehead atoms. The molecule has 2 aliphatic heterocycles. The molecule has 2 aromatic carbocycles. The number of likely N-dealkylation sites (tertiary alicyclic amines) is 1. The third-order valence-electron chi connectivity index (χ3n) is 5.21. The molecule has 4 rings (SSSR count). The summed E-state index contributed by atoms with van der Waals surface area (Å²) in [7, 11) is 0. The highest BCUT2D eigenvalue weighted by molar-refractivity contribution is 5.91. The third-order valence-corrected chi connectivity index (χ3v) is 5.21. The van der Waals surface area contributed by atoms with E-state index in [9.17, 15) is 0 Å². The van der Waals surface area contributed by atoms with E-state index < -0.39 is 0 Å². The van der Waals surface area contributed by atoms with Crippen LogP contribution in [-0.2, 0) is 0 Å². The van der Waals surface area contributed by atoms with E-state index in [4.69, 9.17) is 0 Å². The molecule has 0 saturated carbocycles. The zero-order valence-electron chi connectivity index (χ0n) is 14.4. The van der Waals surface area contributed by atoms with E-state index in [-0.39, 0.29) is 0 Å². The normalized spacial score (nSPS) is 16.6. The summed E-state index contributed by atoms with van der Waals surface area (Å²) >= 11 is 0. The van der Waals surface area contributed by atoms with Gasteiger partial charge in [0, 0.05) is 6.54 Å². The number of rotatable bonds is 6. The van der Waals surface area contributed by atoms with Crippen molar-refractivity contribution in [2.75, 3.05) is 36.4 Å². The van der Waals surface area contributed by atoms with Crippen LogP contribution in [0.2, 0.25) is 0 Å². The molecule has 1 fully saturated rings. The summed E-state index contributed by atoms with van der Waals surface area (Å²) in [6.45, 7) is 5.02. The van der Waals surface area contributed by atoms with Crippen LogP contribution in [0.5, 0.6) is 0 Å². The minimum absolute atomic E-state index is 1.09. The molecule has 1 saturated heterocycles. The van der Waals surface area contributed by atoms with Gasteiger partial charge in [-0.15, -0.1) is 0 Å². The van der Waals surface area contributed by atoms with Crippen molar-refractivity contribution in [1.82, 2.24) is 4.90 Å². The Kier molecular flexibility index (Phi) is 4.70. The predicted molar refractivity (Wildman–Crippen MR) is 103 cm³/mol. The van der Waals surface area contributed by atoms with Gasteiger partial charge < -0.3 is 15.1 Å². The van der Waals surface area contributed by atoms with Gasteiger partial charge in [-0.25, -0.2) is 0 Å². The predicted octanol–water partition coefficient (Wildman–Crippen LogP) is 5.15. The van der Waals surface area contributed by atoms with Gasteiger partial charge in [-0.05, 0) is 69.6 Å². The van der Waals surface area contributed by atoms with Gasteiger partial charge in [0.15, 0.2) is 0 Å². The van der Waals surface area contributed by atoms with Gasteiger partial charge in [-0.3, -0.25) is 0 Å². The molecular weight excluding hydrogens is 294 g/mol. The van der Waals surface area contributed by atoms with Crippen LogP contribution < -0.4 is 10.2 Å². The average Bonchev–Trinajstić information content (AvgIpc) is 3.14. The topological polar surface area (TPSA) is 18.5 Å². The summed E-state index contributed by atoms with van der Waals surface area (Å²) in [5.41, 5.74) is 5.04. The molecule has 3 nitrogen and oxygen atoms in total. The molecule has 1 N–H and O–H groups in total. The van der Waals surface area contributed by atoms with E-state index in [0.717, 1.165) is 6.54 Å². The highest BCUT2D eigenvalue weighted by Crippen LogP contribution is 2.43. The Morgan fingerprint density at radius 2 is 1.29 bits per heavy atom. The molecular formula is C21H27N3. The Bertz CT molecular complexity index is 631. The highest BCUT2D eigenvalue weighted by Gasteiger charge is 2.21. The zero-order chi connectivity index (χ0) is 16.2. The van der Waals surface area contributed by atoms with Crippen LogP contribution in [0.25, 0.3) is 0 Å². The first kappa shape index (κ1) is 15.5. The number of fused-ring (bicyclic) bond motifs is 2. The maximum absolute atomic E-state index is 3.56. The van der Waals surface area contributed by atoms with Crippen molar-refractivity contribution in [3.05, 3.63) is 48.5 Å². The molecule has 0 atom stereocenters. The molecule has 0 unspecified atom stereocenters. The van der Waals surface area contributed by atoms with Gasteiger partial charge in [0.05, 0.1) is 22.7 Å². The molecule has 0 radical (unpaired) electrons. The summed E-state index contributed by atoms with van der Waals surface area (Å²) in [6.07, 6.45) is 6.68. The van der Waals surface area contributed by atoms with Crippen molar-refractivity contribution in [3.8, 4) is 0 Å². The standard InChI is InChI=1S/C21H27N3/c1(6-14-23-15-8-9-16-23)7-17-24-20-12-4-2-10-18(20)22-19-11-3-5-13-21(19)24/h2-5,10-13,22H,1,6-9,14-17H2. The van der Waals surface area contributed by atoms with E-state index in [1.807, 2.05) is 0 Å². The van der Waals surface area contributed by atoms with Crippen molar-refractivity contribution in [2.45, 2.75) is 32.1 Å². The van der Waals surface area contributed by atoms with E-state index in [1.54, 1.807) is 0 Å². The fourth-order valence-corrected chi connectivity index (χ4v) is 3.93. The molecule has 0 amide bonds. The van der Waals surface area contributed by atoms with Crippen LogP contribution in [-0.4, -0.2) is 31.1 Å². The van der Waals surface area contributed by atoms with Crippen LogP contribution in [0, 0.1) is 0 Å². The van der Waals surface area contributed by atoms with Gasteiger partial charge in [0.25, 0.3) is 0 Å². The number of hydrogen-bond donors (Lipinski definition) is 1. The Hall–Kier alpha value is -2.00. The fourth-order valence-electron chi connectivity index (χ4n) is 3.93. The third kappa shape index (κ3) is 3.27. The summed E-state index contributed by atoms with van der Waals surface area (Å²) in [4.78, 5) is 5.10. The van der Waals surface area contributed by atoms with Gasteiger partial charge in [0.2, 0.25) is 0 Å². The second-order valence-electron chi connectivity index (χ2n) is 6.92. The quantitative estimate of drug-likeness (QED) is 0.742. The first-order valence-electron chi connectivity index (χ1n) is 9.37. The first-order valence-corrected chi connectivity index (χ1v) is 9.37. The lowest BCUT2D eigenvalue weighted by atomic mass is 10.1. The number of anilines is 4. The molecule has 126 valence electrons. The maximum atomic E-state index is 3.56. The smallest absolute Gasteiger partial charge is 0.0650 e. The first-order chi connectivity index (χ1) is 11.9. The number of hydrogen-bond acceptors (Lipinski definition) is 3. The minimum Gasteiger partial charge on any atom is -0.352 e. The van der Waals surface area contributed by atoms with E-state index in [2.05, 4.69) is 63.6 Å². The molecule has 0 aromatic heterocycles. The fraction of sp³-hybridized carbons (Fsp3) is 0.429. The lowest BCUT2D eigenvalue weighted by Crippen LogP contribution is -2.24. The van der Waals surface area contributed by atoms with Gasteiger partial charge >= 0.3 is 0 Å². The second kappa shape index (κ2) is 7.27. The average molecular weight is 321 g/mol. The largest absolute Gasteiger partial charge is 0.352 e. The lowest BCUT2D eigenvalue weighted by Gasteiger charge is -2.34. The maximum Gasteiger partial charge on any atom is 0.0650 e. The Balaban J connectivity index is 1.39. The number of nitrogens with one attached hydrogen (secondary N) is 1. The van der Waals surface area contributed by atoms with Crippen LogP contribution in [0.3, 0.4) is 0 Å². The van der Waals surface area contributed by atoms with E-state index in [0.29, 0.717) is 0 Å². The van der Waals surface area contributed by atoms with Crippen molar-refractivity contribution in [3.63, 3.8) is 0 Å². The Morgan fingerprint density at radius 1 is 0.708 bits per heavy atom. The van der Waals surface area contributed by atoms with Crippen LogP contribution in [0.1, 0.15) is 32.1 Å². The van der Waals surface area contributed by atoms with Gasteiger partial charge in [-0.2, -0.15) is 0 Å². The minimum atomic E-state index is 1.09. The number of para-hydroxylation sites is 4. The summed E-state index contributed by atoms with van der Waals surface area (Å²) in [6, 6.07) is 17.3. The van der Waals surface area contributed by atoms with Crippen LogP contribution >= 0.6 is 0 Å². The summed E-state index contributed by atoms with van der Waals surface area (Å²) in [5, 5.41) is 3.56. The number of benzene rings is 2. The van der Waals surface area contributed by atoms with Crippen molar-refractivity contribution >= 4 is 22.7 Å². The zero-order valence-corrected chi connectivity index (χ0v) is 14.4.